The summed E-state index contributed by atoms with van der Waals surface area (Å²) in [5.74, 6) is 0. The summed E-state index contributed by atoms with van der Waals surface area (Å²) in [5, 5.41) is 16.3. The van der Waals surface area contributed by atoms with Gasteiger partial charge >= 0.3 is 0 Å². The van der Waals surface area contributed by atoms with Crippen molar-refractivity contribution in [3.8, 4) is 0 Å². The molecular formula is C13H19BrN6. The fourth-order valence-electron chi connectivity index (χ4n) is 2.16. The number of hydrogen-bond acceptors (Lipinski definition) is 4. The summed E-state index contributed by atoms with van der Waals surface area (Å²) in [6.45, 7) is 6.47. The van der Waals surface area contributed by atoms with Crippen LogP contribution in [0.3, 0.4) is 0 Å². The predicted octanol–water partition coefficient (Wildman–Crippen LogP) is 1.81. The molecule has 0 atom stereocenters. The van der Waals surface area contributed by atoms with Gasteiger partial charge < -0.3 is 5.32 Å². The number of nitrogens with zero attached hydrogens (tertiary/aromatic N) is 5. The zero-order valence-corrected chi connectivity index (χ0v) is 13.4. The van der Waals surface area contributed by atoms with Crippen molar-refractivity contribution < 1.29 is 0 Å². The van der Waals surface area contributed by atoms with E-state index in [-0.39, 0.29) is 0 Å². The minimum absolute atomic E-state index is 0.701. The first kappa shape index (κ1) is 13.8. The molecule has 0 saturated heterocycles. The monoisotopic (exact) mass is 338 g/mol. The highest BCUT2D eigenvalue weighted by Crippen LogP contribution is 2.20. The molecule has 1 fully saturated rings. The van der Waals surface area contributed by atoms with Crippen LogP contribution >= 0.6 is 15.9 Å². The van der Waals surface area contributed by atoms with Crippen molar-refractivity contribution in [1.82, 2.24) is 30.1 Å². The van der Waals surface area contributed by atoms with E-state index in [1.807, 2.05) is 22.5 Å². The van der Waals surface area contributed by atoms with Crippen LogP contribution in [-0.4, -0.2) is 30.8 Å². The molecule has 108 valence electrons. The zero-order valence-electron chi connectivity index (χ0n) is 11.8. The Balaban J connectivity index is 1.56. The topological polar surface area (TPSA) is 60.6 Å². The molecule has 1 saturated carbocycles. The maximum absolute atomic E-state index is 4.50. The Kier molecular flexibility index (Phi) is 3.89. The number of nitrogens with one attached hydrogen (secondary N) is 1. The highest BCUT2D eigenvalue weighted by molar-refractivity contribution is 9.10. The molecule has 0 spiro atoms. The van der Waals surface area contributed by atoms with E-state index in [0.29, 0.717) is 6.04 Å². The second-order valence-corrected chi connectivity index (χ2v) is 6.13. The Bertz CT molecular complexity index is 598. The van der Waals surface area contributed by atoms with Crippen LogP contribution in [0.1, 0.15) is 29.9 Å². The highest BCUT2D eigenvalue weighted by atomic mass is 79.9. The van der Waals surface area contributed by atoms with Gasteiger partial charge in [0.25, 0.3) is 0 Å². The molecule has 20 heavy (non-hydrogen) atoms. The Hall–Kier alpha value is -1.21. The van der Waals surface area contributed by atoms with Crippen molar-refractivity contribution in [2.24, 2.45) is 0 Å². The fourth-order valence-corrected chi connectivity index (χ4v) is 2.44. The lowest BCUT2D eigenvalue weighted by Gasteiger charge is -2.04. The van der Waals surface area contributed by atoms with Crippen molar-refractivity contribution in [1.29, 1.82) is 0 Å². The van der Waals surface area contributed by atoms with Crippen LogP contribution in [0, 0.1) is 13.8 Å². The van der Waals surface area contributed by atoms with Crippen LogP contribution in [0.5, 0.6) is 0 Å². The first-order valence-corrected chi connectivity index (χ1v) is 7.74. The van der Waals surface area contributed by atoms with E-state index in [1.54, 1.807) is 0 Å². The molecule has 0 aromatic carbocycles. The lowest BCUT2D eigenvalue weighted by molar-refractivity contribution is 0.481. The predicted molar refractivity (Wildman–Crippen MR) is 79.3 cm³/mol. The van der Waals surface area contributed by atoms with Gasteiger partial charge in [-0.3, -0.25) is 9.36 Å². The van der Waals surface area contributed by atoms with E-state index in [0.717, 1.165) is 41.2 Å². The Morgan fingerprint density at radius 2 is 2.15 bits per heavy atom. The average Bonchev–Trinajstić information content (AvgIpc) is 3.11. The van der Waals surface area contributed by atoms with Gasteiger partial charge in [-0.05, 0) is 42.6 Å². The minimum atomic E-state index is 0.701. The smallest absolute Gasteiger partial charge is 0.0964 e. The molecule has 0 radical (unpaired) electrons. The van der Waals surface area contributed by atoms with E-state index in [1.165, 1.54) is 12.8 Å². The van der Waals surface area contributed by atoms with Gasteiger partial charge in [-0.15, -0.1) is 5.10 Å². The van der Waals surface area contributed by atoms with Gasteiger partial charge in [-0.2, -0.15) is 5.10 Å². The SMILES string of the molecule is Cc1nn(CCn2cc(CNC3CC3)nn2)c(C)c1Br. The van der Waals surface area contributed by atoms with Gasteiger partial charge in [-0.1, -0.05) is 5.21 Å². The van der Waals surface area contributed by atoms with Gasteiger partial charge in [0.1, 0.15) is 0 Å². The van der Waals surface area contributed by atoms with E-state index in [9.17, 15) is 0 Å². The second kappa shape index (κ2) is 5.65. The van der Waals surface area contributed by atoms with Crippen molar-refractivity contribution in [2.75, 3.05) is 0 Å². The van der Waals surface area contributed by atoms with Crippen LogP contribution in [-0.2, 0) is 19.6 Å². The third-order valence-corrected chi connectivity index (χ3v) is 4.72. The van der Waals surface area contributed by atoms with Crippen molar-refractivity contribution in [2.45, 2.75) is 52.4 Å². The quantitative estimate of drug-likeness (QED) is 0.872. The summed E-state index contributed by atoms with van der Waals surface area (Å²) in [5.41, 5.74) is 3.18. The van der Waals surface area contributed by atoms with Crippen LogP contribution in [0.15, 0.2) is 10.7 Å². The Morgan fingerprint density at radius 3 is 2.80 bits per heavy atom. The fraction of sp³-hybridized carbons (Fsp3) is 0.615. The summed E-state index contributed by atoms with van der Waals surface area (Å²) in [6.07, 6.45) is 4.60. The van der Waals surface area contributed by atoms with Crippen LogP contribution in [0.2, 0.25) is 0 Å². The van der Waals surface area contributed by atoms with Gasteiger partial charge in [0, 0.05) is 24.5 Å². The Labute approximate surface area is 126 Å². The average molecular weight is 339 g/mol. The molecule has 2 aromatic heterocycles. The first-order chi connectivity index (χ1) is 9.63. The number of hydrogen-bond donors (Lipinski definition) is 1. The van der Waals surface area contributed by atoms with E-state index in [4.69, 9.17) is 0 Å². The molecule has 1 aliphatic rings. The van der Waals surface area contributed by atoms with Crippen molar-refractivity contribution in [3.05, 3.63) is 27.8 Å². The van der Waals surface area contributed by atoms with E-state index < -0.39 is 0 Å². The first-order valence-electron chi connectivity index (χ1n) is 6.95. The lowest BCUT2D eigenvalue weighted by Crippen LogP contribution is -2.15. The molecule has 1 aliphatic carbocycles. The normalized spacial score (nSPS) is 14.9. The molecule has 0 bridgehead atoms. The summed E-state index contributed by atoms with van der Waals surface area (Å²) in [6, 6.07) is 0.701. The maximum atomic E-state index is 4.50. The van der Waals surface area contributed by atoms with Crippen molar-refractivity contribution in [3.63, 3.8) is 0 Å². The highest BCUT2D eigenvalue weighted by Gasteiger charge is 2.20. The standard InChI is InChI=1S/C13H19BrN6/c1-9-13(14)10(2)20(17-9)6-5-19-8-12(16-18-19)7-15-11-3-4-11/h8,11,15H,3-7H2,1-2H3. The molecule has 0 unspecified atom stereocenters. The van der Waals surface area contributed by atoms with Gasteiger partial charge in [0.2, 0.25) is 0 Å². The van der Waals surface area contributed by atoms with Crippen LogP contribution < -0.4 is 5.32 Å². The summed E-state index contributed by atoms with van der Waals surface area (Å²) in [4.78, 5) is 0. The number of halogens is 1. The van der Waals surface area contributed by atoms with Gasteiger partial charge in [0.05, 0.1) is 29.0 Å². The summed E-state index contributed by atoms with van der Waals surface area (Å²) >= 11 is 3.54. The van der Waals surface area contributed by atoms with Crippen LogP contribution in [0.4, 0.5) is 0 Å². The van der Waals surface area contributed by atoms with Crippen LogP contribution in [0.25, 0.3) is 0 Å². The Morgan fingerprint density at radius 1 is 1.35 bits per heavy atom. The second-order valence-electron chi connectivity index (χ2n) is 5.34. The zero-order chi connectivity index (χ0) is 14.1. The van der Waals surface area contributed by atoms with Gasteiger partial charge in [-0.25, -0.2) is 0 Å². The molecule has 2 aromatic rings. The maximum Gasteiger partial charge on any atom is 0.0964 e. The van der Waals surface area contributed by atoms with E-state index in [2.05, 4.69) is 43.6 Å². The largest absolute Gasteiger partial charge is 0.308 e. The molecule has 1 N–H and O–H groups in total. The third-order valence-electron chi connectivity index (χ3n) is 3.57. The molecule has 6 nitrogen and oxygen atoms in total. The molecular weight excluding hydrogens is 320 g/mol. The molecule has 3 rings (SSSR count). The third kappa shape index (κ3) is 3.09. The molecule has 0 aliphatic heterocycles. The van der Waals surface area contributed by atoms with Crippen molar-refractivity contribution >= 4 is 15.9 Å². The van der Waals surface area contributed by atoms with Gasteiger partial charge in [0.15, 0.2) is 0 Å². The number of aromatic nitrogens is 5. The number of rotatable bonds is 6. The molecule has 0 amide bonds. The lowest BCUT2D eigenvalue weighted by atomic mass is 10.4. The molecule has 7 heteroatoms. The minimum Gasteiger partial charge on any atom is -0.308 e. The molecule has 2 heterocycles. The number of aryl methyl sites for hydroxylation is 3. The van der Waals surface area contributed by atoms with E-state index >= 15 is 0 Å². The summed E-state index contributed by atoms with van der Waals surface area (Å²) in [7, 11) is 0. The summed E-state index contributed by atoms with van der Waals surface area (Å²) < 4.78 is 4.97.